The van der Waals surface area contributed by atoms with Crippen molar-refractivity contribution in [3.63, 3.8) is 0 Å². The van der Waals surface area contributed by atoms with Gasteiger partial charge in [0.05, 0.1) is 0 Å². The van der Waals surface area contributed by atoms with Crippen LogP contribution in [-0.4, -0.2) is 0 Å². The number of hydrogen-bond donors (Lipinski definition) is 0. The average Bonchev–Trinajstić information content (AvgIpc) is 2.39. The van der Waals surface area contributed by atoms with Crippen LogP contribution in [0.5, 0.6) is 0 Å². The molecule has 3 rings (SSSR count). The summed E-state index contributed by atoms with van der Waals surface area (Å²) in [6.07, 6.45) is 0. The van der Waals surface area contributed by atoms with Crippen molar-refractivity contribution in [1.29, 1.82) is 0 Å². The Morgan fingerprint density at radius 3 is 2.06 bits per heavy atom. The zero-order chi connectivity index (χ0) is 12.5. The molecule has 0 spiro atoms. The minimum Gasteiger partial charge on any atom is -0.0836 e. The molecule has 3 aromatic carbocycles. The Kier molecular flexibility index (Phi) is 3.11. The molecule has 0 aliphatic heterocycles. The molecule has 18 heavy (non-hydrogen) atoms. The van der Waals surface area contributed by atoms with Crippen molar-refractivity contribution in [2.45, 2.75) is 0 Å². The van der Waals surface area contributed by atoms with Gasteiger partial charge in [-0.1, -0.05) is 63.9 Å². The highest BCUT2D eigenvalue weighted by Gasteiger charge is 2.05. The van der Waals surface area contributed by atoms with Gasteiger partial charge in [0.15, 0.2) is 0 Å². The standard InChI is InChI=1S/C16H10BrCl/c17-14-7-5-11(6-8-14)15-9-12-3-1-2-4-13(12)10-16(15)18/h1-10H. The molecule has 0 aromatic heterocycles. The summed E-state index contributed by atoms with van der Waals surface area (Å²) in [5.41, 5.74) is 2.21. The topological polar surface area (TPSA) is 0 Å². The summed E-state index contributed by atoms with van der Waals surface area (Å²) < 4.78 is 1.07. The molecule has 0 saturated heterocycles. The van der Waals surface area contributed by atoms with E-state index in [0.717, 1.165) is 20.6 Å². The molecule has 0 heterocycles. The number of hydrogen-bond acceptors (Lipinski definition) is 0. The van der Waals surface area contributed by atoms with Gasteiger partial charge >= 0.3 is 0 Å². The van der Waals surface area contributed by atoms with Gasteiger partial charge in [0.1, 0.15) is 0 Å². The minimum atomic E-state index is 0.788. The summed E-state index contributed by atoms with van der Waals surface area (Å²) in [6, 6.07) is 20.6. The molecule has 0 radical (unpaired) electrons. The van der Waals surface area contributed by atoms with Crippen molar-refractivity contribution < 1.29 is 0 Å². The summed E-state index contributed by atoms with van der Waals surface area (Å²) in [6.45, 7) is 0. The molecule has 3 aromatic rings. The lowest BCUT2D eigenvalue weighted by Gasteiger charge is -2.07. The summed E-state index contributed by atoms with van der Waals surface area (Å²) in [5, 5.41) is 3.17. The molecular formula is C16H10BrCl. The van der Waals surface area contributed by atoms with Crippen molar-refractivity contribution in [3.8, 4) is 11.1 Å². The zero-order valence-electron chi connectivity index (χ0n) is 9.53. The normalized spacial score (nSPS) is 10.8. The second kappa shape index (κ2) is 4.75. The minimum absolute atomic E-state index is 0.788. The van der Waals surface area contributed by atoms with Crippen LogP contribution < -0.4 is 0 Å². The molecule has 0 nitrogen and oxygen atoms in total. The number of rotatable bonds is 1. The first-order chi connectivity index (χ1) is 8.74. The van der Waals surface area contributed by atoms with Gasteiger partial charge in [-0.15, -0.1) is 0 Å². The zero-order valence-corrected chi connectivity index (χ0v) is 11.9. The maximum absolute atomic E-state index is 6.37. The van der Waals surface area contributed by atoms with Crippen LogP contribution in [0.3, 0.4) is 0 Å². The SMILES string of the molecule is Clc1cc2ccccc2cc1-c1ccc(Br)cc1. The van der Waals surface area contributed by atoms with Gasteiger partial charge in [0, 0.05) is 15.1 Å². The quantitative estimate of drug-likeness (QED) is 0.522. The lowest BCUT2D eigenvalue weighted by molar-refractivity contribution is 1.61. The van der Waals surface area contributed by atoms with Crippen LogP contribution in [0.25, 0.3) is 21.9 Å². The van der Waals surface area contributed by atoms with Crippen molar-refractivity contribution in [3.05, 3.63) is 70.2 Å². The number of fused-ring (bicyclic) bond motifs is 1. The van der Waals surface area contributed by atoms with Gasteiger partial charge in [0.2, 0.25) is 0 Å². The Labute approximate surface area is 119 Å². The summed E-state index contributed by atoms with van der Waals surface area (Å²) in [5.74, 6) is 0. The van der Waals surface area contributed by atoms with Gasteiger partial charge in [-0.2, -0.15) is 0 Å². The fourth-order valence-electron chi connectivity index (χ4n) is 2.06. The van der Waals surface area contributed by atoms with E-state index in [1.165, 1.54) is 10.8 Å². The van der Waals surface area contributed by atoms with E-state index in [1.807, 2.05) is 30.3 Å². The first-order valence-corrected chi connectivity index (χ1v) is 6.85. The third-order valence-corrected chi connectivity index (χ3v) is 3.83. The van der Waals surface area contributed by atoms with Crippen molar-refractivity contribution in [2.24, 2.45) is 0 Å². The molecule has 0 N–H and O–H groups in total. The Bertz CT molecular complexity index is 702. The molecule has 2 heteroatoms. The predicted molar refractivity (Wildman–Crippen MR) is 82.1 cm³/mol. The Morgan fingerprint density at radius 1 is 0.778 bits per heavy atom. The molecule has 0 bridgehead atoms. The second-order valence-corrected chi connectivity index (χ2v) is 5.51. The summed E-state index contributed by atoms with van der Waals surface area (Å²) >= 11 is 9.81. The molecule has 0 saturated carbocycles. The third kappa shape index (κ3) is 2.16. The monoisotopic (exact) mass is 316 g/mol. The highest BCUT2D eigenvalue weighted by Crippen LogP contribution is 2.32. The first kappa shape index (κ1) is 11.8. The highest BCUT2D eigenvalue weighted by molar-refractivity contribution is 9.10. The van der Waals surface area contributed by atoms with Crippen LogP contribution in [0.1, 0.15) is 0 Å². The highest BCUT2D eigenvalue weighted by atomic mass is 79.9. The fourth-order valence-corrected chi connectivity index (χ4v) is 2.61. The van der Waals surface area contributed by atoms with Crippen LogP contribution in [0.4, 0.5) is 0 Å². The van der Waals surface area contributed by atoms with Gasteiger partial charge in [-0.05, 0) is 40.6 Å². The largest absolute Gasteiger partial charge is 0.0836 e. The van der Waals surface area contributed by atoms with E-state index >= 15 is 0 Å². The van der Waals surface area contributed by atoms with Crippen LogP contribution in [0.2, 0.25) is 5.02 Å². The Balaban J connectivity index is 2.22. The van der Waals surface area contributed by atoms with E-state index in [2.05, 4.69) is 46.3 Å². The van der Waals surface area contributed by atoms with Crippen LogP contribution in [0, 0.1) is 0 Å². The fraction of sp³-hybridized carbons (Fsp3) is 0. The van der Waals surface area contributed by atoms with E-state index in [9.17, 15) is 0 Å². The van der Waals surface area contributed by atoms with Crippen LogP contribution >= 0.6 is 27.5 Å². The molecule has 0 amide bonds. The maximum atomic E-state index is 6.37. The lowest BCUT2D eigenvalue weighted by atomic mass is 10.0. The lowest BCUT2D eigenvalue weighted by Crippen LogP contribution is -1.81. The molecule has 0 atom stereocenters. The van der Waals surface area contributed by atoms with E-state index < -0.39 is 0 Å². The maximum Gasteiger partial charge on any atom is 0.0490 e. The Morgan fingerprint density at radius 2 is 1.39 bits per heavy atom. The smallest absolute Gasteiger partial charge is 0.0490 e. The Hall–Kier alpha value is -1.31. The molecule has 0 fully saturated rings. The summed E-state index contributed by atoms with van der Waals surface area (Å²) in [7, 11) is 0. The van der Waals surface area contributed by atoms with Crippen molar-refractivity contribution >= 4 is 38.3 Å². The number of benzene rings is 3. The first-order valence-electron chi connectivity index (χ1n) is 5.68. The predicted octanol–water partition coefficient (Wildman–Crippen LogP) is 5.92. The van der Waals surface area contributed by atoms with Crippen LogP contribution in [0.15, 0.2) is 65.1 Å². The molecular weight excluding hydrogens is 308 g/mol. The number of halogens is 2. The van der Waals surface area contributed by atoms with E-state index in [-0.39, 0.29) is 0 Å². The van der Waals surface area contributed by atoms with Crippen molar-refractivity contribution in [1.82, 2.24) is 0 Å². The van der Waals surface area contributed by atoms with E-state index in [1.54, 1.807) is 0 Å². The molecule has 0 unspecified atom stereocenters. The molecule has 0 aliphatic carbocycles. The van der Waals surface area contributed by atoms with Gasteiger partial charge in [0.25, 0.3) is 0 Å². The van der Waals surface area contributed by atoms with Gasteiger partial charge in [-0.3, -0.25) is 0 Å². The summed E-state index contributed by atoms with van der Waals surface area (Å²) in [4.78, 5) is 0. The van der Waals surface area contributed by atoms with E-state index in [0.29, 0.717) is 0 Å². The van der Waals surface area contributed by atoms with Gasteiger partial charge in [-0.25, -0.2) is 0 Å². The third-order valence-electron chi connectivity index (χ3n) is 2.99. The average molecular weight is 318 g/mol. The molecule has 88 valence electrons. The van der Waals surface area contributed by atoms with Gasteiger partial charge < -0.3 is 0 Å². The molecule has 0 aliphatic rings. The van der Waals surface area contributed by atoms with Crippen molar-refractivity contribution in [2.75, 3.05) is 0 Å². The second-order valence-electron chi connectivity index (χ2n) is 4.19. The van der Waals surface area contributed by atoms with E-state index in [4.69, 9.17) is 11.6 Å². The van der Waals surface area contributed by atoms with Crippen LogP contribution in [-0.2, 0) is 0 Å².